The van der Waals surface area contributed by atoms with Crippen molar-refractivity contribution in [3.8, 4) is 0 Å². The molecule has 3 rings (SSSR count). The molecule has 0 aliphatic heterocycles. The average Bonchev–Trinajstić information content (AvgIpc) is 3.01. The molecule has 0 amide bonds. The molecule has 2 aromatic carbocycles. The second-order valence-electron chi connectivity index (χ2n) is 4.56. The van der Waals surface area contributed by atoms with Crippen LogP contribution in [0.25, 0.3) is 0 Å². The van der Waals surface area contributed by atoms with Crippen LogP contribution in [0.15, 0.2) is 69.9 Å². The lowest BCUT2D eigenvalue weighted by molar-refractivity contribution is 0.596. The maximum absolute atomic E-state index is 12.5. The van der Waals surface area contributed by atoms with Crippen LogP contribution in [0.2, 0.25) is 0 Å². The zero-order valence-electron chi connectivity index (χ0n) is 11.4. The molecule has 0 radical (unpaired) electrons. The zero-order valence-corrected chi connectivity index (χ0v) is 13.1. The van der Waals surface area contributed by atoms with Gasteiger partial charge < -0.3 is 11.1 Å². The van der Waals surface area contributed by atoms with Crippen LogP contribution in [0, 0.1) is 0 Å². The highest BCUT2D eigenvalue weighted by atomic mass is 32.2. The van der Waals surface area contributed by atoms with E-state index in [4.69, 9.17) is 5.73 Å². The molecule has 0 saturated carbocycles. The predicted octanol–water partition coefficient (Wildman–Crippen LogP) is 3.30. The third-order valence-corrected chi connectivity index (χ3v) is 5.51. The molecule has 1 heterocycles. The Kier molecular flexibility index (Phi) is 3.82. The van der Waals surface area contributed by atoms with E-state index in [1.165, 1.54) is 23.5 Å². The molecule has 112 valence electrons. The fourth-order valence-corrected chi connectivity index (χ4v) is 3.72. The van der Waals surface area contributed by atoms with Gasteiger partial charge in [0.1, 0.15) is 0 Å². The molecule has 7 heteroatoms. The van der Waals surface area contributed by atoms with E-state index in [0.717, 1.165) is 10.8 Å². The highest BCUT2D eigenvalue weighted by Gasteiger charge is 2.17. The minimum Gasteiger partial charge on any atom is -0.399 e. The monoisotopic (exact) mass is 331 g/mol. The standard InChI is InChI=1S/C15H13N3O2S2/c16-11-1-5-13(6-2-11)22(19,20)14-7-3-12(4-8-14)18-15-17-9-10-21-15/h1-10H,16H2,(H,17,18). The van der Waals surface area contributed by atoms with Crippen LogP contribution in [0.5, 0.6) is 0 Å². The summed E-state index contributed by atoms with van der Waals surface area (Å²) in [5, 5.41) is 5.73. The first kappa shape index (κ1) is 14.6. The number of benzene rings is 2. The van der Waals surface area contributed by atoms with Crippen molar-refractivity contribution in [1.29, 1.82) is 0 Å². The highest BCUT2D eigenvalue weighted by Crippen LogP contribution is 2.24. The molecule has 3 N–H and O–H groups in total. The Morgan fingerprint density at radius 3 is 2.09 bits per heavy atom. The molecule has 0 atom stereocenters. The van der Waals surface area contributed by atoms with Crippen LogP contribution in [-0.2, 0) is 9.84 Å². The number of nitrogens with zero attached hydrogens (tertiary/aromatic N) is 1. The molecule has 0 fully saturated rings. The summed E-state index contributed by atoms with van der Waals surface area (Å²) in [6.45, 7) is 0. The quantitative estimate of drug-likeness (QED) is 0.717. The van der Waals surface area contributed by atoms with Crippen LogP contribution >= 0.6 is 11.3 Å². The molecule has 0 aliphatic carbocycles. The van der Waals surface area contributed by atoms with Gasteiger partial charge in [-0.1, -0.05) is 0 Å². The lowest BCUT2D eigenvalue weighted by Crippen LogP contribution is -2.02. The molecule has 0 unspecified atom stereocenters. The van der Waals surface area contributed by atoms with Gasteiger partial charge in [0, 0.05) is 23.0 Å². The van der Waals surface area contributed by atoms with Crippen molar-refractivity contribution >= 4 is 37.7 Å². The molecule has 0 aliphatic rings. The van der Waals surface area contributed by atoms with Gasteiger partial charge in [0.25, 0.3) is 0 Å². The maximum atomic E-state index is 12.5. The number of aromatic nitrogens is 1. The van der Waals surface area contributed by atoms with E-state index in [0.29, 0.717) is 5.69 Å². The summed E-state index contributed by atoms with van der Waals surface area (Å²) in [5.74, 6) is 0. The van der Waals surface area contributed by atoms with Crippen molar-refractivity contribution in [2.75, 3.05) is 11.1 Å². The van der Waals surface area contributed by atoms with Gasteiger partial charge in [-0.2, -0.15) is 0 Å². The average molecular weight is 331 g/mol. The van der Waals surface area contributed by atoms with Crippen LogP contribution in [0.1, 0.15) is 0 Å². The minimum atomic E-state index is -3.53. The molecular weight excluding hydrogens is 318 g/mol. The van der Waals surface area contributed by atoms with Crippen molar-refractivity contribution < 1.29 is 8.42 Å². The number of nitrogens with two attached hydrogens (primary N) is 1. The van der Waals surface area contributed by atoms with Gasteiger partial charge in [-0.15, -0.1) is 11.3 Å². The van der Waals surface area contributed by atoms with E-state index < -0.39 is 9.84 Å². The van der Waals surface area contributed by atoms with Gasteiger partial charge in [0.05, 0.1) is 9.79 Å². The van der Waals surface area contributed by atoms with Gasteiger partial charge in [-0.25, -0.2) is 13.4 Å². The van der Waals surface area contributed by atoms with Crippen LogP contribution < -0.4 is 11.1 Å². The molecule has 0 spiro atoms. The first-order valence-electron chi connectivity index (χ1n) is 6.43. The fourth-order valence-electron chi connectivity index (χ4n) is 1.91. The SMILES string of the molecule is Nc1ccc(S(=O)(=O)c2ccc(Nc3nccs3)cc2)cc1. The molecule has 0 saturated heterocycles. The molecule has 3 aromatic rings. The van der Waals surface area contributed by atoms with E-state index >= 15 is 0 Å². The summed E-state index contributed by atoms with van der Waals surface area (Å²) >= 11 is 1.47. The van der Waals surface area contributed by atoms with E-state index in [9.17, 15) is 8.42 Å². The van der Waals surface area contributed by atoms with Gasteiger partial charge in [0.15, 0.2) is 5.13 Å². The minimum absolute atomic E-state index is 0.224. The van der Waals surface area contributed by atoms with Gasteiger partial charge >= 0.3 is 0 Å². The summed E-state index contributed by atoms with van der Waals surface area (Å²) < 4.78 is 25.0. The summed E-state index contributed by atoms with van der Waals surface area (Å²) in [7, 11) is -3.53. The number of hydrogen-bond acceptors (Lipinski definition) is 6. The van der Waals surface area contributed by atoms with Crippen LogP contribution in [-0.4, -0.2) is 13.4 Å². The first-order chi connectivity index (χ1) is 10.6. The van der Waals surface area contributed by atoms with Crippen molar-refractivity contribution in [3.63, 3.8) is 0 Å². The third kappa shape index (κ3) is 2.95. The van der Waals surface area contributed by atoms with Crippen molar-refractivity contribution in [2.24, 2.45) is 0 Å². The van der Waals surface area contributed by atoms with Crippen molar-refractivity contribution in [1.82, 2.24) is 4.98 Å². The zero-order chi connectivity index (χ0) is 15.6. The summed E-state index contributed by atoms with van der Waals surface area (Å²) in [4.78, 5) is 4.58. The molecule has 5 nitrogen and oxygen atoms in total. The Morgan fingerprint density at radius 1 is 0.955 bits per heavy atom. The fraction of sp³-hybridized carbons (Fsp3) is 0. The highest BCUT2D eigenvalue weighted by molar-refractivity contribution is 7.91. The number of thiazole rings is 1. The van der Waals surface area contributed by atoms with E-state index in [1.54, 1.807) is 42.6 Å². The maximum Gasteiger partial charge on any atom is 0.206 e. The van der Waals surface area contributed by atoms with Crippen molar-refractivity contribution in [3.05, 3.63) is 60.1 Å². The van der Waals surface area contributed by atoms with Crippen LogP contribution in [0.3, 0.4) is 0 Å². The largest absolute Gasteiger partial charge is 0.399 e. The van der Waals surface area contributed by atoms with Gasteiger partial charge in [0.2, 0.25) is 9.84 Å². The van der Waals surface area contributed by atoms with Crippen LogP contribution in [0.4, 0.5) is 16.5 Å². The molecule has 22 heavy (non-hydrogen) atoms. The molecule has 0 bridgehead atoms. The number of anilines is 3. The summed E-state index contributed by atoms with van der Waals surface area (Å²) in [5.41, 5.74) is 6.90. The third-order valence-electron chi connectivity index (χ3n) is 3.04. The second kappa shape index (κ2) is 5.78. The van der Waals surface area contributed by atoms with E-state index in [-0.39, 0.29) is 9.79 Å². The lowest BCUT2D eigenvalue weighted by atomic mass is 10.3. The Balaban J connectivity index is 1.87. The Labute approximate surface area is 132 Å². The van der Waals surface area contributed by atoms with Crippen molar-refractivity contribution in [2.45, 2.75) is 9.79 Å². The number of sulfone groups is 1. The predicted molar refractivity (Wildman–Crippen MR) is 88.1 cm³/mol. The normalized spacial score (nSPS) is 11.3. The topological polar surface area (TPSA) is 85.1 Å². The Morgan fingerprint density at radius 2 is 1.55 bits per heavy atom. The smallest absolute Gasteiger partial charge is 0.206 e. The summed E-state index contributed by atoms with van der Waals surface area (Å²) in [6.07, 6.45) is 1.70. The Bertz CT molecular complexity index is 856. The lowest BCUT2D eigenvalue weighted by Gasteiger charge is -2.07. The number of nitrogens with one attached hydrogen (secondary N) is 1. The summed E-state index contributed by atoms with van der Waals surface area (Å²) in [6, 6.07) is 12.7. The number of hydrogen-bond donors (Lipinski definition) is 2. The number of rotatable bonds is 4. The Hall–Kier alpha value is -2.38. The van der Waals surface area contributed by atoms with E-state index in [2.05, 4.69) is 10.3 Å². The molecular formula is C15H13N3O2S2. The first-order valence-corrected chi connectivity index (χ1v) is 8.79. The van der Waals surface area contributed by atoms with E-state index in [1.807, 2.05) is 5.38 Å². The van der Waals surface area contributed by atoms with Gasteiger partial charge in [-0.3, -0.25) is 0 Å². The molecule has 1 aromatic heterocycles. The second-order valence-corrected chi connectivity index (χ2v) is 7.40. The van der Waals surface area contributed by atoms with Gasteiger partial charge in [-0.05, 0) is 48.5 Å². The number of nitrogen functional groups attached to an aromatic ring is 1.